The topological polar surface area (TPSA) is 0 Å². The van der Waals surface area contributed by atoms with Crippen LogP contribution >= 0.6 is 0 Å². The maximum Gasteiger partial charge on any atom is 0 e. The van der Waals surface area contributed by atoms with E-state index >= 15 is 0 Å². The third kappa shape index (κ3) is 65.8. The molecule has 5 heavy (non-hydrogen) atoms. The van der Waals surface area contributed by atoms with Crippen molar-refractivity contribution in [2.75, 3.05) is 0 Å². The van der Waals surface area contributed by atoms with Crippen LogP contribution in [0.5, 0.6) is 0 Å². The average Bonchev–Trinajstić information content (AvgIpc) is 0. The average molecular weight is 313 g/mol. The van der Waals surface area contributed by atoms with Crippen molar-refractivity contribution in [2.45, 2.75) is 0 Å². The Balaban J connectivity index is 0. The summed E-state index contributed by atoms with van der Waals surface area (Å²) in [5, 5.41) is 0. The van der Waals surface area contributed by atoms with Gasteiger partial charge in [-0.2, -0.15) is 0 Å². The largest absolute Gasteiger partial charge is 1.00 e. The third-order valence-corrected chi connectivity index (χ3v) is 0. The molecule has 0 unspecified atom stereocenters. The molecular weight excluding hydrogens is 313 g/mol. The van der Waals surface area contributed by atoms with E-state index < -0.39 is 0 Å². The molecule has 5 heteroatoms. The SMILES string of the molecule is [F-].[F-].[F-].[F-].[Np]. The summed E-state index contributed by atoms with van der Waals surface area (Å²) < 4.78 is 0. The van der Waals surface area contributed by atoms with Crippen LogP contribution in [-0.4, -0.2) is 0 Å². The first-order valence-corrected chi connectivity index (χ1v) is 0. The van der Waals surface area contributed by atoms with Crippen LogP contribution in [0.2, 0.25) is 0 Å². The van der Waals surface area contributed by atoms with Gasteiger partial charge in [-0.1, -0.05) is 0 Å². The fourth-order valence-corrected chi connectivity index (χ4v) is 0. The van der Waals surface area contributed by atoms with E-state index in [1.54, 1.807) is 0 Å². The summed E-state index contributed by atoms with van der Waals surface area (Å²) in [6.45, 7) is 0. The van der Waals surface area contributed by atoms with Gasteiger partial charge in [-0.25, -0.2) is 0 Å². The predicted molar refractivity (Wildman–Crippen MR) is 0 cm³/mol. The molecule has 37 valence electrons. The smallest absolute Gasteiger partial charge is 0 e. The standard InChI is InChI=1S/4FH.Np/h4*1H;/p-4. The molecule has 0 N–H and O–H groups in total. The summed E-state index contributed by atoms with van der Waals surface area (Å²) in [5.41, 5.74) is 0. The van der Waals surface area contributed by atoms with Gasteiger partial charge in [-0.15, -0.1) is 0 Å². The molecule has 0 bridgehead atoms. The van der Waals surface area contributed by atoms with E-state index in [1.807, 2.05) is 0 Å². The van der Waals surface area contributed by atoms with Crippen molar-refractivity contribution < 1.29 is 48.8 Å². The molecule has 0 aromatic rings. The second-order valence-corrected chi connectivity index (χ2v) is 0. The van der Waals surface area contributed by atoms with Gasteiger partial charge >= 0.3 is 0 Å². The molecule has 0 saturated carbocycles. The molecule has 0 saturated heterocycles. The van der Waals surface area contributed by atoms with Crippen LogP contribution in [0.15, 0.2) is 0 Å². The fraction of sp³-hybridized carbons (Fsp3) is 0. The summed E-state index contributed by atoms with van der Waals surface area (Å²) in [6, 6.07) is 0. The Kier molecular flexibility index (Phi) is 5870. The first-order valence-electron chi connectivity index (χ1n) is 0. The fourth-order valence-electron chi connectivity index (χ4n) is 0. The van der Waals surface area contributed by atoms with E-state index in [-0.39, 0.29) is 48.8 Å². The monoisotopic (exact) mass is 312 g/mol. The van der Waals surface area contributed by atoms with Gasteiger partial charge in [-0.05, 0) is 0 Å². The Morgan fingerprint density at radius 2 is 0.400 bits per heavy atom. The molecule has 0 rings (SSSR count). The van der Waals surface area contributed by atoms with Crippen LogP contribution < -0.4 is 18.8 Å². The minimum Gasteiger partial charge on any atom is -1.00 e. The zero-order chi connectivity index (χ0) is 0. The summed E-state index contributed by atoms with van der Waals surface area (Å²) in [6.07, 6.45) is 0. The third-order valence-electron chi connectivity index (χ3n) is 0. The molecule has 0 aromatic heterocycles. The van der Waals surface area contributed by atoms with Crippen molar-refractivity contribution in [3.8, 4) is 0 Å². The molecule has 0 fully saturated rings. The Morgan fingerprint density at radius 1 is 0.400 bits per heavy atom. The number of rotatable bonds is 0. The Bertz CT molecular complexity index is 3.61. The van der Waals surface area contributed by atoms with E-state index in [0.717, 1.165) is 0 Å². The van der Waals surface area contributed by atoms with Gasteiger partial charge in [0.2, 0.25) is 0 Å². The van der Waals surface area contributed by atoms with Crippen molar-refractivity contribution in [3.63, 3.8) is 0 Å². The predicted octanol–water partition coefficient (Wildman–Crippen LogP) is -12.0. The van der Waals surface area contributed by atoms with Crippen molar-refractivity contribution in [1.82, 2.24) is 0 Å². The Morgan fingerprint density at radius 3 is 0.400 bits per heavy atom. The second-order valence-electron chi connectivity index (χ2n) is 0. The number of halogens is 4. The normalized spacial score (nSPS) is 0. The van der Waals surface area contributed by atoms with E-state index in [4.69, 9.17) is 0 Å². The molecule has 0 atom stereocenters. The molecule has 0 aliphatic heterocycles. The first-order chi connectivity index (χ1) is 0. The van der Waals surface area contributed by atoms with Crippen molar-refractivity contribution in [2.24, 2.45) is 0 Å². The molecule has 0 aromatic carbocycles. The minimum absolute atomic E-state index is 0. The van der Waals surface area contributed by atoms with Crippen LogP contribution in [0, 0.1) is 29.9 Å². The second kappa shape index (κ2) is 123. The van der Waals surface area contributed by atoms with E-state index in [9.17, 15) is 0 Å². The molecule has 0 heterocycles. The zero-order valence-corrected chi connectivity index (χ0v) is 5.68. The summed E-state index contributed by atoms with van der Waals surface area (Å²) in [5.74, 6) is 0. The van der Waals surface area contributed by atoms with Crippen molar-refractivity contribution >= 4 is 0 Å². The number of hydrogen-bond acceptors (Lipinski definition) is 0. The van der Waals surface area contributed by atoms with Gasteiger partial charge in [0.05, 0.1) is 0 Å². The van der Waals surface area contributed by atoms with Gasteiger partial charge in [0.1, 0.15) is 0 Å². The Hall–Kier alpha value is 0.733. The molecule has 0 nitrogen and oxygen atoms in total. The summed E-state index contributed by atoms with van der Waals surface area (Å²) in [7, 11) is 0. The quantitative estimate of drug-likeness (QED) is 0.390. The van der Waals surface area contributed by atoms with Gasteiger partial charge in [0, 0.05) is 29.9 Å². The van der Waals surface area contributed by atoms with E-state index in [2.05, 4.69) is 0 Å². The van der Waals surface area contributed by atoms with Crippen LogP contribution in [0.3, 0.4) is 0 Å². The van der Waals surface area contributed by atoms with Crippen LogP contribution in [0.4, 0.5) is 0 Å². The number of hydrogen-bond donors (Lipinski definition) is 0. The van der Waals surface area contributed by atoms with Gasteiger partial charge in [0.15, 0.2) is 0 Å². The Labute approximate surface area is 49.1 Å². The molecule has 0 spiro atoms. The van der Waals surface area contributed by atoms with Crippen molar-refractivity contribution in [3.05, 3.63) is 0 Å². The summed E-state index contributed by atoms with van der Waals surface area (Å²) >= 11 is 0. The summed E-state index contributed by atoms with van der Waals surface area (Å²) in [4.78, 5) is 0. The van der Waals surface area contributed by atoms with Crippen LogP contribution in [0.25, 0.3) is 0 Å². The maximum absolute atomic E-state index is 0. The van der Waals surface area contributed by atoms with E-state index in [1.165, 1.54) is 0 Å². The van der Waals surface area contributed by atoms with Gasteiger partial charge in [-0.3, -0.25) is 0 Å². The molecule has 0 aliphatic rings. The maximum atomic E-state index is 0. The van der Waals surface area contributed by atoms with E-state index in [0.29, 0.717) is 0 Å². The zero-order valence-electron chi connectivity index (χ0n) is 1.96. The van der Waals surface area contributed by atoms with Gasteiger partial charge in [0.25, 0.3) is 0 Å². The van der Waals surface area contributed by atoms with Gasteiger partial charge < -0.3 is 18.8 Å². The molecule has 0 amide bonds. The molecule has 0 aliphatic carbocycles. The van der Waals surface area contributed by atoms with Crippen LogP contribution in [0.1, 0.15) is 0 Å². The first kappa shape index (κ1) is 239. The van der Waals surface area contributed by atoms with Crippen LogP contribution in [-0.2, 0) is 0 Å². The van der Waals surface area contributed by atoms with Crippen molar-refractivity contribution in [1.29, 1.82) is 0 Å². The molecule has 1 radical (unpaired) electrons. The minimum atomic E-state index is 0. The molecular formula is F4Np-4.